The largest absolute Gasteiger partial charge is 0.368 e. The Hall–Kier alpha value is -1.16. The zero-order valence-electron chi connectivity index (χ0n) is 10.7. The predicted octanol–water partition coefficient (Wildman–Crippen LogP) is 2.00. The van der Waals surface area contributed by atoms with Crippen molar-refractivity contribution < 1.29 is 0 Å². The number of aromatic nitrogens is 2. The molecule has 1 fully saturated rings. The van der Waals surface area contributed by atoms with Gasteiger partial charge in [0.1, 0.15) is 0 Å². The number of rotatable bonds is 3. The second-order valence-electron chi connectivity index (χ2n) is 4.85. The van der Waals surface area contributed by atoms with E-state index in [-0.39, 0.29) is 0 Å². The Kier molecular flexibility index (Phi) is 3.94. The molecule has 1 heterocycles. The van der Waals surface area contributed by atoms with Gasteiger partial charge in [0, 0.05) is 17.7 Å². The van der Waals surface area contributed by atoms with Crippen molar-refractivity contribution in [1.29, 1.82) is 0 Å². The van der Waals surface area contributed by atoms with E-state index >= 15 is 0 Å². The predicted molar refractivity (Wildman–Crippen MR) is 69.9 cm³/mol. The Balaban J connectivity index is 2.22. The Morgan fingerprint density at radius 2 is 2.12 bits per heavy atom. The molecule has 0 aromatic carbocycles. The SMILES string of the molecule is CCNC1CCCCC1c1cc(C)nc(N)n1. The van der Waals surface area contributed by atoms with E-state index in [0.717, 1.165) is 17.9 Å². The molecule has 17 heavy (non-hydrogen) atoms. The number of aryl methyl sites for hydroxylation is 1. The third-order valence-electron chi connectivity index (χ3n) is 3.50. The quantitative estimate of drug-likeness (QED) is 0.839. The molecule has 0 aliphatic heterocycles. The van der Waals surface area contributed by atoms with Crippen LogP contribution in [-0.4, -0.2) is 22.6 Å². The molecule has 4 nitrogen and oxygen atoms in total. The Morgan fingerprint density at radius 1 is 1.35 bits per heavy atom. The lowest BCUT2D eigenvalue weighted by Crippen LogP contribution is -2.37. The highest BCUT2D eigenvalue weighted by Gasteiger charge is 2.27. The summed E-state index contributed by atoms with van der Waals surface area (Å²) < 4.78 is 0. The Labute approximate surface area is 103 Å². The summed E-state index contributed by atoms with van der Waals surface area (Å²) in [6.07, 6.45) is 5.04. The number of nitrogen functional groups attached to an aromatic ring is 1. The van der Waals surface area contributed by atoms with Crippen LogP contribution < -0.4 is 11.1 Å². The molecule has 0 bridgehead atoms. The van der Waals surface area contributed by atoms with E-state index in [9.17, 15) is 0 Å². The van der Waals surface area contributed by atoms with Gasteiger partial charge < -0.3 is 11.1 Å². The number of hydrogen-bond acceptors (Lipinski definition) is 4. The van der Waals surface area contributed by atoms with Crippen molar-refractivity contribution in [2.45, 2.75) is 51.5 Å². The summed E-state index contributed by atoms with van der Waals surface area (Å²) in [6.45, 7) is 5.15. The number of nitrogens with zero attached hydrogens (tertiary/aromatic N) is 2. The molecule has 94 valence electrons. The van der Waals surface area contributed by atoms with Gasteiger partial charge >= 0.3 is 0 Å². The first-order valence-corrected chi connectivity index (χ1v) is 6.55. The minimum atomic E-state index is 0.404. The summed E-state index contributed by atoms with van der Waals surface area (Å²) in [5.74, 6) is 0.897. The van der Waals surface area contributed by atoms with Crippen molar-refractivity contribution in [2.24, 2.45) is 0 Å². The third-order valence-corrected chi connectivity index (χ3v) is 3.50. The summed E-state index contributed by atoms with van der Waals surface area (Å²) in [5.41, 5.74) is 7.82. The zero-order chi connectivity index (χ0) is 12.3. The first-order chi connectivity index (χ1) is 8.20. The van der Waals surface area contributed by atoms with Crippen LogP contribution in [0.4, 0.5) is 5.95 Å². The normalized spacial score (nSPS) is 24.8. The summed E-state index contributed by atoms with van der Waals surface area (Å²) in [7, 11) is 0. The summed E-state index contributed by atoms with van der Waals surface area (Å²) in [5, 5.41) is 3.57. The highest BCUT2D eigenvalue weighted by molar-refractivity contribution is 5.25. The fourth-order valence-electron chi connectivity index (χ4n) is 2.80. The zero-order valence-corrected chi connectivity index (χ0v) is 10.7. The topological polar surface area (TPSA) is 63.8 Å². The summed E-state index contributed by atoms with van der Waals surface area (Å²) >= 11 is 0. The minimum Gasteiger partial charge on any atom is -0.368 e. The molecule has 1 aliphatic rings. The van der Waals surface area contributed by atoms with Gasteiger partial charge in [-0.2, -0.15) is 0 Å². The third kappa shape index (κ3) is 2.94. The van der Waals surface area contributed by atoms with Gasteiger partial charge in [0.25, 0.3) is 0 Å². The van der Waals surface area contributed by atoms with E-state index in [4.69, 9.17) is 5.73 Å². The number of anilines is 1. The van der Waals surface area contributed by atoms with Crippen molar-refractivity contribution in [2.75, 3.05) is 12.3 Å². The lowest BCUT2D eigenvalue weighted by molar-refractivity contribution is 0.328. The van der Waals surface area contributed by atoms with Gasteiger partial charge in [-0.25, -0.2) is 9.97 Å². The molecular weight excluding hydrogens is 212 g/mol. The van der Waals surface area contributed by atoms with E-state index in [1.54, 1.807) is 0 Å². The monoisotopic (exact) mass is 234 g/mol. The first-order valence-electron chi connectivity index (χ1n) is 6.55. The molecule has 2 rings (SSSR count). The van der Waals surface area contributed by atoms with Crippen molar-refractivity contribution in [3.63, 3.8) is 0 Å². The maximum atomic E-state index is 5.74. The highest BCUT2D eigenvalue weighted by Crippen LogP contribution is 2.32. The standard InChI is InChI=1S/C13H22N4/c1-3-15-11-7-5-4-6-10(11)12-8-9(2)16-13(14)17-12/h8,10-11,15H,3-7H2,1-2H3,(H2,14,16,17). The van der Waals surface area contributed by atoms with Gasteiger partial charge in [-0.15, -0.1) is 0 Å². The van der Waals surface area contributed by atoms with Crippen molar-refractivity contribution in [3.05, 3.63) is 17.5 Å². The molecule has 2 atom stereocenters. The fourth-order valence-corrected chi connectivity index (χ4v) is 2.80. The van der Waals surface area contributed by atoms with Crippen LogP contribution in [0.15, 0.2) is 6.07 Å². The number of nitrogens with one attached hydrogen (secondary N) is 1. The van der Waals surface area contributed by atoms with Crippen molar-refractivity contribution in [3.8, 4) is 0 Å². The van der Waals surface area contributed by atoms with Gasteiger partial charge in [-0.1, -0.05) is 19.8 Å². The highest BCUT2D eigenvalue weighted by atomic mass is 15.0. The van der Waals surface area contributed by atoms with Crippen LogP contribution in [0.2, 0.25) is 0 Å². The second kappa shape index (κ2) is 5.45. The minimum absolute atomic E-state index is 0.404. The van der Waals surface area contributed by atoms with Crippen LogP contribution in [0.25, 0.3) is 0 Å². The van der Waals surface area contributed by atoms with E-state index in [1.807, 2.05) is 6.92 Å². The summed E-state index contributed by atoms with van der Waals surface area (Å²) in [6, 6.07) is 2.62. The Morgan fingerprint density at radius 3 is 2.82 bits per heavy atom. The smallest absolute Gasteiger partial charge is 0.220 e. The molecule has 2 unspecified atom stereocenters. The number of likely N-dealkylation sites (N-methyl/N-ethyl adjacent to an activating group) is 1. The lowest BCUT2D eigenvalue weighted by atomic mass is 9.82. The van der Waals surface area contributed by atoms with Gasteiger partial charge in [0.15, 0.2) is 0 Å². The van der Waals surface area contributed by atoms with E-state index in [0.29, 0.717) is 17.9 Å². The average molecular weight is 234 g/mol. The van der Waals surface area contributed by atoms with Crippen LogP contribution in [0, 0.1) is 6.92 Å². The van der Waals surface area contributed by atoms with Crippen LogP contribution >= 0.6 is 0 Å². The van der Waals surface area contributed by atoms with Gasteiger partial charge in [0.2, 0.25) is 5.95 Å². The fraction of sp³-hybridized carbons (Fsp3) is 0.692. The average Bonchev–Trinajstić information content (AvgIpc) is 2.29. The van der Waals surface area contributed by atoms with Gasteiger partial charge in [-0.3, -0.25) is 0 Å². The molecule has 0 amide bonds. The van der Waals surface area contributed by atoms with Crippen LogP contribution in [0.3, 0.4) is 0 Å². The molecular formula is C13H22N4. The van der Waals surface area contributed by atoms with Crippen LogP contribution in [0.1, 0.15) is 49.9 Å². The second-order valence-corrected chi connectivity index (χ2v) is 4.85. The molecule has 3 N–H and O–H groups in total. The van der Waals surface area contributed by atoms with E-state index in [1.165, 1.54) is 25.7 Å². The molecule has 0 saturated heterocycles. The lowest BCUT2D eigenvalue weighted by Gasteiger charge is -2.31. The molecule has 1 aliphatic carbocycles. The number of hydrogen-bond donors (Lipinski definition) is 2. The molecule has 0 radical (unpaired) electrons. The molecule has 1 aromatic heterocycles. The van der Waals surface area contributed by atoms with Crippen LogP contribution in [0.5, 0.6) is 0 Å². The van der Waals surface area contributed by atoms with Crippen molar-refractivity contribution >= 4 is 5.95 Å². The molecule has 1 saturated carbocycles. The van der Waals surface area contributed by atoms with Crippen LogP contribution in [-0.2, 0) is 0 Å². The van der Waals surface area contributed by atoms with Gasteiger partial charge in [0.05, 0.1) is 5.69 Å². The molecule has 1 aromatic rings. The van der Waals surface area contributed by atoms with Crippen molar-refractivity contribution in [1.82, 2.24) is 15.3 Å². The Bertz CT molecular complexity index is 355. The van der Waals surface area contributed by atoms with Gasteiger partial charge in [-0.05, 0) is 32.4 Å². The number of nitrogens with two attached hydrogens (primary N) is 1. The molecule has 4 heteroatoms. The molecule has 0 spiro atoms. The maximum absolute atomic E-state index is 5.74. The first kappa shape index (κ1) is 12.3. The van der Waals surface area contributed by atoms with E-state index < -0.39 is 0 Å². The van der Waals surface area contributed by atoms with E-state index in [2.05, 4.69) is 28.3 Å². The summed E-state index contributed by atoms with van der Waals surface area (Å²) in [4.78, 5) is 8.56. The maximum Gasteiger partial charge on any atom is 0.220 e.